The Labute approximate surface area is 119 Å². The second kappa shape index (κ2) is 8.19. The summed E-state index contributed by atoms with van der Waals surface area (Å²) in [5, 5.41) is 5.33. The third-order valence-electron chi connectivity index (χ3n) is 2.62. The van der Waals surface area contributed by atoms with Crippen LogP contribution in [-0.2, 0) is 4.74 Å². The molecular formula is C15H22N2O3. The van der Waals surface area contributed by atoms with Crippen LogP contribution in [-0.4, -0.2) is 31.7 Å². The Morgan fingerprint density at radius 2 is 1.80 bits per heavy atom. The molecule has 0 saturated heterocycles. The van der Waals surface area contributed by atoms with Gasteiger partial charge in [-0.1, -0.05) is 32.0 Å². The molecule has 0 aliphatic carbocycles. The molecule has 110 valence electrons. The van der Waals surface area contributed by atoms with E-state index in [1.807, 2.05) is 39.0 Å². The Bertz CT molecular complexity index is 458. The van der Waals surface area contributed by atoms with Gasteiger partial charge in [0.2, 0.25) is 0 Å². The Kier molecular flexibility index (Phi) is 6.56. The molecule has 5 nitrogen and oxygen atoms in total. The summed E-state index contributed by atoms with van der Waals surface area (Å²) in [6, 6.07) is 7.37. The number of ether oxygens (including phenoxy) is 1. The molecule has 0 unspecified atom stereocenters. The van der Waals surface area contributed by atoms with Gasteiger partial charge >= 0.3 is 6.09 Å². The van der Waals surface area contributed by atoms with Crippen molar-refractivity contribution in [3.63, 3.8) is 0 Å². The zero-order valence-electron chi connectivity index (χ0n) is 12.2. The first-order valence-electron chi connectivity index (χ1n) is 6.75. The summed E-state index contributed by atoms with van der Waals surface area (Å²) in [4.78, 5) is 23.1. The Morgan fingerprint density at radius 1 is 1.15 bits per heavy atom. The van der Waals surface area contributed by atoms with Crippen molar-refractivity contribution in [2.45, 2.75) is 20.8 Å². The Balaban J connectivity index is 2.23. The van der Waals surface area contributed by atoms with Crippen LogP contribution in [0.3, 0.4) is 0 Å². The maximum absolute atomic E-state index is 11.9. The quantitative estimate of drug-likeness (QED) is 0.783. The van der Waals surface area contributed by atoms with Crippen molar-refractivity contribution in [3.8, 4) is 0 Å². The minimum atomic E-state index is -0.455. The molecule has 0 atom stereocenters. The van der Waals surface area contributed by atoms with Crippen LogP contribution >= 0.6 is 0 Å². The Morgan fingerprint density at radius 3 is 2.45 bits per heavy atom. The predicted molar refractivity (Wildman–Crippen MR) is 77.7 cm³/mol. The van der Waals surface area contributed by atoms with Crippen LogP contribution in [0.1, 0.15) is 29.8 Å². The van der Waals surface area contributed by atoms with E-state index < -0.39 is 6.09 Å². The van der Waals surface area contributed by atoms with Gasteiger partial charge in [0.25, 0.3) is 5.91 Å². The molecule has 0 bridgehead atoms. The number of alkyl carbamates (subject to hydrolysis) is 1. The van der Waals surface area contributed by atoms with Crippen molar-refractivity contribution in [1.82, 2.24) is 10.6 Å². The lowest BCUT2D eigenvalue weighted by molar-refractivity contribution is 0.0951. The summed E-state index contributed by atoms with van der Waals surface area (Å²) >= 11 is 0. The van der Waals surface area contributed by atoms with Gasteiger partial charge in [-0.25, -0.2) is 4.79 Å². The lowest BCUT2D eigenvalue weighted by Crippen LogP contribution is -2.35. The highest BCUT2D eigenvalue weighted by Gasteiger charge is 2.07. The van der Waals surface area contributed by atoms with E-state index in [1.165, 1.54) is 0 Å². The Hall–Kier alpha value is -2.04. The van der Waals surface area contributed by atoms with E-state index in [0.717, 1.165) is 5.56 Å². The number of nitrogens with one attached hydrogen (secondary N) is 2. The molecule has 0 aliphatic heterocycles. The highest BCUT2D eigenvalue weighted by molar-refractivity contribution is 5.95. The molecule has 0 saturated carbocycles. The number of benzene rings is 1. The van der Waals surface area contributed by atoms with Gasteiger partial charge in [0, 0.05) is 18.7 Å². The zero-order chi connectivity index (χ0) is 15.0. The summed E-state index contributed by atoms with van der Waals surface area (Å²) in [5.41, 5.74) is 1.57. The van der Waals surface area contributed by atoms with Crippen LogP contribution in [0.25, 0.3) is 0 Å². The molecule has 2 N–H and O–H groups in total. The monoisotopic (exact) mass is 278 g/mol. The van der Waals surface area contributed by atoms with Crippen molar-refractivity contribution in [2.75, 3.05) is 19.7 Å². The van der Waals surface area contributed by atoms with Crippen LogP contribution in [0.4, 0.5) is 4.79 Å². The van der Waals surface area contributed by atoms with Crippen LogP contribution in [0.2, 0.25) is 0 Å². The van der Waals surface area contributed by atoms with Gasteiger partial charge < -0.3 is 15.4 Å². The number of hydrogen-bond donors (Lipinski definition) is 2. The summed E-state index contributed by atoms with van der Waals surface area (Å²) in [6.07, 6.45) is -0.455. The summed E-state index contributed by atoms with van der Waals surface area (Å²) in [5.74, 6) is 0.168. The predicted octanol–water partition coefficient (Wildman–Crippen LogP) is 2.11. The molecule has 5 heteroatoms. The first kappa shape index (κ1) is 16.0. The van der Waals surface area contributed by atoms with Gasteiger partial charge in [0.05, 0.1) is 6.61 Å². The molecule has 20 heavy (non-hydrogen) atoms. The fourth-order valence-corrected chi connectivity index (χ4v) is 1.56. The third kappa shape index (κ3) is 5.73. The molecule has 1 aromatic carbocycles. The van der Waals surface area contributed by atoms with E-state index in [0.29, 0.717) is 31.2 Å². The van der Waals surface area contributed by atoms with Crippen molar-refractivity contribution < 1.29 is 14.3 Å². The van der Waals surface area contributed by atoms with Gasteiger partial charge in [0.15, 0.2) is 0 Å². The maximum atomic E-state index is 11.9. The molecule has 1 rings (SSSR count). The second-order valence-corrected chi connectivity index (χ2v) is 4.99. The highest BCUT2D eigenvalue weighted by atomic mass is 16.5. The largest absolute Gasteiger partial charge is 0.449 e. The number of amides is 2. The fraction of sp³-hybridized carbons (Fsp3) is 0.467. The molecule has 0 spiro atoms. The molecular weight excluding hydrogens is 256 g/mol. The first-order valence-corrected chi connectivity index (χ1v) is 6.75. The van der Waals surface area contributed by atoms with Gasteiger partial charge in [-0.05, 0) is 24.5 Å². The molecule has 0 fully saturated rings. The average molecular weight is 278 g/mol. The molecule has 1 aromatic rings. The van der Waals surface area contributed by atoms with Crippen LogP contribution in [0.5, 0.6) is 0 Å². The standard InChI is InChI=1S/C15H22N2O3/c1-11(2)10-20-15(19)17-9-8-16-14(18)13-7-5-4-6-12(13)3/h4-7,11H,8-10H2,1-3H3,(H,16,18)(H,17,19). The molecule has 0 aromatic heterocycles. The first-order chi connectivity index (χ1) is 9.50. The van der Waals surface area contributed by atoms with E-state index in [2.05, 4.69) is 10.6 Å². The van der Waals surface area contributed by atoms with Crippen LogP contribution in [0, 0.1) is 12.8 Å². The van der Waals surface area contributed by atoms with E-state index >= 15 is 0 Å². The van der Waals surface area contributed by atoms with E-state index in [1.54, 1.807) is 6.07 Å². The molecule has 0 aliphatic rings. The molecule has 0 radical (unpaired) electrons. The second-order valence-electron chi connectivity index (χ2n) is 4.99. The molecule has 0 heterocycles. The van der Waals surface area contributed by atoms with Gasteiger partial charge in [-0.15, -0.1) is 0 Å². The lowest BCUT2D eigenvalue weighted by atomic mass is 10.1. The fourth-order valence-electron chi connectivity index (χ4n) is 1.56. The number of carbonyl (C=O) groups is 2. The maximum Gasteiger partial charge on any atom is 0.407 e. The van der Waals surface area contributed by atoms with Crippen molar-refractivity contribution in [1.29, 1.82) is 0 Å². The van der Waals surface area contributed by atoms with E-state index in [4.69, 9.17) is 4.74 Å². The minimum absolute atomic E-state index is 0.138. The summed E-state index contributed by atoms with van der Waals surface area (Å²) in [7, 11) is 0. The number of rotatable bonds is 6. The number of aryl methyl sites for hydroxylation is 1. The van der Waals surface area contributed by atoms with Crippen molar-refractivity contribution >= 4 is 12.0 Å². The normalized spacial score (nSPS) is 10.2. The van der Waals surface area contributed by atoms with Crippen LogP contribution < -0.4 is 10.6 Å². The van der Waals surface area contributed by atoms with Crippen molar-refractivity contribution in [2.24, 2.45) is 5.92 Å². The van der Waals surface area contributed by atoms with Gasteiger partial charge in [-0.3, -0.25) is 4.79 Å². The number of hydrogen-bond acceptors (Lipinski definition) is 3. The zero-order valence-corrected chi connectivity index (χ0v) is 12.2. The minimum Gasteiger partial charge on any atom is -0.449 e. The van der Waals surface area contributed by atoms with Gasteiger partial charge in [0.1, 0.15) is 0 Å². The topological polar surface area (TPSA) is 67.4 Å². The van der Waals surface area contributed by atoms with Crippen molar-refractivity contribution in [3.05, 3.63) is 35.4 Å². The molecule has 2 amide bonds. The third-order valence-corrected chi connectivity index (χ3v) is 2.62. The summed E-state index contributed by atoms with van der Waals surface area (Å²) in [6.45, 7) is 6.92. The van der Waals surface area contributed by atoms with Gasteiger partial charge in [-0.2, -0.15) is 0 Å². The van der Waals surface area contributed by atoms with E-state index in [-0.39, 0.29) is 5.91 Å². The summed E-state index contributed by atoms with van der Waals surface area (Å²) < 4.78 is 4.95. The SMILES string of the molecule is Cc1ccccc1C(=O)NCCNC(=O)OCC(C)C. The van der Waals surface area contributed by atoms with E-state index in [9.17, 15) is 9.59 Å². The average Bonchev–Trinajstić information content (AvgIpc) is 2.41. The number of carbonyl (C=O) groups excluding carboxylic acids is 2. The highest BCUT2D eigenvalue weighted by Crippen LogP contribution is 2.05. The lowest BCUT2D eigenvalue weighted by Gasteiger charge is -2.10. The smallest absolute Gasteiger partial charge is 0.407 e. The van der Waals surface area contributed by atoms with Crippen LogP contribution in [0.15, 0.2) is 24.3 Å².